The maximum Gasteiger partial charge on any atom is 0.200 e. The lowest BCUT2D eigenvalue weighted by Gasteiger charge is -2.16. The predicted molar refractivity (Wildman–Crippen MR) is 53.9 cm³/mol. The Balaban J connectivity index is 3.50. The van der Waals surface area contributed by atoms with E-state index in [1.807, 2.05) is 0 Å². The zero-order valence-electron chi connectivity index (χ0n) is 8.75. The molecule has 0 nitrogen and oxygen atoms in total. The highest BCUT2D eigenvalue weighted by molar-refractivity contribution is 7.65. The molecule has 0 radical (unpaired) electrons. The Bertz CT molecular complexity index is 372. The molecule has 0 amide bonds. The molecule has 0 bridgehead atoms. The number of hydrogen-bond acceptors (Lipinski definition) is 0. The minimum absolute atomic E-state index is 0.379. The molecule has 0 saturated carbocycles. The Morgan fingerprint density at radius 2 is 1.00 bits per heavy atom. The third kappa shape index (κ3) is 2.05. The molecule has 0 aliphatic heterocycles. The van der Waals surface area contributed by atoms with Crippen LogP contribution in [-0.4, -0.2) is 12.3 Å². The molecule has 0 atom stereocenters. The maximum absolute atomic E-state index is 13.3. The van der Waals surface area contributed by atoms with Gasteiger partial charge < -0.3 is 0 Å². The topological polar surface area (TPSA) is 0 Å². The smallest absolute Gasteiger partial charge is 0.200 e. The molecular formula is C10H10F5P. The summed E-state index contributed by atoms with van der Waals surface area (Å²) in [6.45, 7) is 3.32. The van der Waals surface area contributed by atoms with E-state index in [0.29, 0.717) is 12.3 Å². The summed E-state index contributed by atoms with van der Waals surface area (Å²) in [6.07, 6.45) is 0.758. The molecule has 0 N–H and O–H groups in total. The van der Waals surface area contributed by atoms with Crippen molar-refractivity contribution in [3.05, 3.63) is 29.1 Å². The molecule has 0 aliphatic rings. The van der Waals surface area contributed by atoms with Crippen LogP contribution in [0.1, 0.15) is 13.8 Å². The van der Waals surface area contributed by atoms with Crippen molar-refractivity contribution in [3.63, 3.8) is 0 Å². The molecule has 6 heteroatoms. The summed E-state index contributed by atoms with van der Waals surface area (Å²) in [5, 5.41) is -0.642. The van der Waals surface area contributed by atoms with E-state index in [1.165, 1.54) is 0 Å². The lowest BCUT2D eigenvalue weighted by atomic mass is 10.3. The van der Waals surface area contributed by atoms with Crippen LogP contribution in [0, 0.1) is 29.1 Å². The Kier molecular flexibility index (Phi) is 4.25. The van der Waals surface area contributed by atoms with Crippen LogP contribution in [0.5, 0.6) is 0 Å². The van der Waals surface area contributed by atoms with Crippen LogP contribution in [0.25, 0.3) is 0 Å². The van der Waals surface area contributed by atoms with Gasteiger partial charge in [0, 0.05) is 0 Å². The maximum atomic E-state index is 13.3. The highest BCUT2D eigenvalue weighted by Crippen LogP contribution is 2.36. The molecule has 0 spiro atoms. The van der Waals surface area contributed by atoms with Crippen LogP contribution in [0.4, 0.5) is 22.0 Å². The molecule has 0 saturated heterocycles. The number of benzene rings is 1. The molecule has 0 heterocycles. The molecule has 90 valence electrons. The third-order valence-corrected chi connectivity index (χ3v) is 4.82. The van der Waals surface area contributed by atoms with E-state index >= 15 is 0 Å². The SMILES string of the molecule is CCP(CC)c1c(F)c(F)c(F)c(F)c1F. The van der Waals surface area contributed by atoms with Gasteiger partial charge in [0.2, 0.25) is 5.82 Å². The highest BCUT2D eigenvalue weighted by atomic mass is 31.1. The minimum Gasteiger partial charge on any atom is -0.203 e. The van der Waals surface area contributed by atoms with Gasteiger partial charge in [0.25, 0.3) is 0 Å². The van der Waals surface area contributed by atoms with Crippen molar-refractivity contribution in [2.45, 2.75) is 13.8 Å². The molecular weight excluding hydrogens is 246 g/mol. The van der Waals surface area contributed by atoms with Crippen LogP contribution in [0.15, 0.2) is 0 Å². The lowest BCUT2D eigenvalue weighted by molar-refractivity contribution is 0.384. The normalized spacial score (nSPS) is 11.2. The van der Waals surface area contributed by atoms with Gasteiger partial charge in [-0.3, -0.25) is 0 Å². The first kappa shape index (κ1) is 13.4. The van der Waals surface area contributed by atoms with Crippen LogP contribution >= 0.6 is 7.92 Å². The predicted octanol–water partition coefficient (Wildman–Crippen LogP) is 3.53. The van der Waals surface area contributed by atoms with Gasteiger partial charge in [-0.15, -0.1) is 0 Å². The fourth-order valence-electron chi connectivity index (χ4n) is 1.41. The quantitative estimate of drug-likeness (QED) is 0.336. The van der Waals surface area contributed by atoms with Crippen molar-refractivity contribution in [3.8, 4) is 0 Å². The summed E-state index contributed by atoms with van der Waals surface area (Å²) in [4.78, 5) is 0. The molecule has 1 aromatic carbocycles. The van der Waals surface area contributed by atoms with Crippen molar-refractivity contribution in [1.82, 2.24) is 0 Å². The van der Waals surface area contributed by atoms with E-state index < -0.39 is 42.3 Å². The average Bonchev–Trinajstić information content (AvgIpc) is 2.29. The van der Waals surface area contributed by atoms with Gasteiger partial charge >= 0.3 is 0 Å². The van der Waals surface area contributed by atoms with E-state index in [2.05, 4.69) is 0 Å². The van der Waals surface area contributed by atoms with Crippen molar-refractivity contribution in [2.75, 3.05) is 12.3 Å². The van der Waals surface area contributed by atoms with E-state index in [9.17, 15) is 22.0 Å². The molecule has 1 aromatic rings. The Hall–Kier alpha value is -0.700. The monoisotopic (exact) mass is 256 g/mol. The van der Waals surface area contributed by atoms with Gasteiger partial charge in [-0.25, -0.2) is 22.0 Å². The van der Waals surface area contributed by atoms with Crippen molar-refractivity contribution in [1.29, 1.82) is 0 Å². The van der Waals surface area contributed by atoms with E-state index in [1.54, 1.807) is 13.8 Å². The zero-order valence-corrected chi connectivity index (χ0v) is 9.65. The van der Waals surface area contributed by atoms with E-state index in [0.717, 1.165) is 0 Å². The highest BCUT2D eigenvalue weighted by Gasteiger charge is 2.28. The molecule has 0 unspecified atom stereocenters. The van der Waals surface area contributed by atoms with Gasteiger partial charge in [-0.2, -0.15) is 0 Å². The first-order chi connectivity index (χ1) is 7.45. The second-order valence-corrected chi connectivity index (χ2v) is 5.88. The van der Waals surface area contributed by atoms with Gasteiger partial charge in [-0.1, -0.05) is 21.8 Å². The minimum atomic E-state index is -2.10. The van der Waals surface area contributed by atoms with Crippen LogP contribution in [0.3, 0.4) is 0 Å². The van der Waals surface area contributed by atoms with Crippen molar-refractivity contribution >= 4 is 13.2 Å². The van der Waals surface area contributed by atoms with Gasteiger partial charge in [-0.05, 0) is 12.3 Å². The molecule has 0 aromatic heterocycles. The number of rotatable bonds is 3. The Morgan fingerprint density at radius 3 is 1.31 bits per heavy atom. The third-order valence-electron chi connectivity index (χ3n) is 2.27. The fraction of sp³-hybridized carbons (Fsp3) is 0.400. The summed E-state index contributed by atoms with van der Waals surface area (Å²) in [5.41, 5.74) is 0. The van der Waals surface area contributed by atoms with Crippen LogP contribution in [-0.2, 0) is 0 Å². The first-order valence-corrected chi connectivity index (χ1v) is 6.43. The average molecular weight is 256 g/mol. The summed E-state index contributed by atoms with van der Waals surface area (Å²) in [6, 6.07) is 0. The standard InChI is InChI=1S/C10H10F5P/c1-3-16(4-2)10-8(14)6(12)5(11)7(13)9(10)15/h3-4H2,1-2H3. The van der Waals surface area contributed by atoms with Gasteiger partial charge in [0.05, 0.1) is 5.30 Å². The summed E-state index contributed by atoms with van der Waals surface area (Å²) in [5.74, 6) is -9.19. The second-order valence-electron chi connectivity index (χ2n) is 3.09. The van der Waals surface area contributed by atoms with E-state index in [4.69, 9.17) is 0 Å². The number of hydrogen-bond donors (Lipinski definition) is 0. The second kappa shape index (κ2) is 5.09. The van der Waals surface area contributed by atoms with Gasteiger partial charge in [0.1, 0.15) is 0 Å². The summed E-state index contributed by atoms with van der Waals surface area (Å²) >= 11 is 0. The molecule has 0 fully saturated rings. The van der Waals surface area contributed by atoms with Crippen molar-refractivity contribution < 1.29 is 22.0 Å². The summed E-state index contributed by atoms with van der Waals surface area (Å²) < 4.78 is 65.2. The number of halogens is 5. The lowest BCUT2D eigenvalue weighted by Crippen LogP contribution is -2.20. The fourth-order valence-corrected chi connectivity index (χ4v) is 3.24. The molecule has 0 aliphatic carbocycles. The zero-order chi connectivity index (χ0) is 12.5. The Morgan fingerprint density at radius 1 is 0.688 bits per heavy atom. The van der Waals surface area contributed by atoms with E-state index in [-0.39, 0.29) is 0 Å². The van der Waals surface area contributed by atoms with Crippen LogP contribution < -0.4 is 5.30 Å². The summed E-state index contributed by atoms with van der Waals surface area (Å²) in [7, 11) is -1.33. The van der Waals surface area contributed by atoms with Crippen LogP contribution in [0.2, 0.25) is 0 Å². The molecule has 16 heavy (non-hydrogen) atoms. The largest absolute Gasteiger partial charge is 0.203 e. The Labute approximate surface area is 91.2 Å². The molecule has 1 rings (SSSR count). The van der Waals surface area contributed by atoms with Crippen molar-refractivity contribution in [2.24, 2.45) is 0 Å². The van der Waals surface area contributed by atoms with Gasteiger partial charge in [0.15, 0.2) is 23.3 Å². The first-order valence-electron chi connectivity index (χ1n) is 4.72.